The quantitative estimate of drug-likeness (QED) is 0.751. The van der Waals surface area contributed by atoms with Crippen LogP contribution in [0.1, 0.15) is 0 Å². The van der Waals surface area contributed by atoms with E-state index in [0.717, 1.165) is 16.8 Å². The van der Waals surface area contributed by atoms with Crippen LogP contribution in [0.2, 0.25) is 0 Å². The third-order valence-electron chi connectivity index (χ3n) is 3.69. The summed E-state index contributed by atoms with van der Waals surface area (Å²) in [6.45, 7) is 0. The van der Waals surface area contributed by atoms with Crippen LogP contribution in [-0.4, -0.2) is 36.4 Å². The third-order valence-corrected chi connectivity index (χ3v) is 3.69. The van der Waals surface area contributed by atoms with Crippen molar-refractivity contribution in [3.8, 4) is 45.6 Å². The number of rotatable bonds is 5. The van der Waals surface area contributed by atoms with Crippen LogP contribution in [0.4, 0.5) is 0 Å². The fourth-order valence-electron chi connectivity index (χ4n) is 2.42. The lowest BCUT2D eigenvalue weighted by atomic mass is 10.1. The highest BCUT2D eigenvalue weighted by Crippen LogP contribution is 2.33. The van der Waals surface area contributed by atoms with Crippen molar-refractivity contribution in [2.45, 2.75) is 0 Å². The van der Waals surface area contributed by atoms with E-state index in [9.17, 15) is 5.11 Å². The molecule has 2 N–H and O–H groups in total. The number of phenolic OH excluding ortho intramolecular Hbond substituents is 1. The Morgan fingerprint density at radius 1 is 0.875 bits per heavy atom. The van der Waals surface area contributed by atoms with Gasteiger partial charge in [-0.2, -0.15) is 0 Å². The Kier molecular flexibility index (Phi) is 4.29. The van der Waals surface area contributed by atoms with Gasteiger partial charge in [-0.1, -0.05) is 0 Å². The molecule has 0 atom stereocenters. The summed E-state index contributed by atoms with van der Waals surface area (Å²) in [7, 11) is 4.72. The van der Waals surface area contributed by atoms with Crippen molar-refractivity contribution in [2.24, 2.45) is 0 Å². The van der Waals surface area contributed by atoms with Crippen LogP contribution in [-0.2, 0) is 0 Å². The first kappa shape index (κ1) is 15.7. The number of imidazole rings is 1. The Labute approximate surface area is 139 Å². The summed E-state index contributed by atoms with van der Waals surface area (Å²) in [6, 6.07) is 10.7. The Bertz CT molecular complexity index is 836. The van der Waals surface area contributed by atoms with Gasteiger partial charge in [-0.3, -0.25) is 0 Å². The third kappa shape index (κ3) is 2.99. The van der Waals surface area contributed by atoms with Gasteiger partial charge >= 0.3 is 0 Å². The van der Waals surface area contributed by atoms with Gasteiger partial charge in [-0.05, 0) is 30.3 Å². The average Bonchev–Trinajstić information content (AvgIpc) is 3.11. The molecule has 1 aromatic heterocycles. The lowest BCUT2D eigenvalue weighted by Gasteiger charge is -2.07. The maximum atomic E-state index is 9.92. The average molecular weight is 326 g/mol. The van der Waals surface area contributed by atoms with Crippen molar-refractivity contribution in [3.63, 3.8) is 0 Å². The minimum absolute atomic E-state index is 0.0780. The number of nitrogens with one attached hydrogen (secondary N) is 1. The van der Waals surface area contributed by atoms with Crippen LogP contribution in [0, 0.1) is 0 Å². The molecule has 0 unspecified atom stereocenters. The molecule has 2 aromatic carbocycles. The van der Waals surface area contributed by atoms with E-state index < -0.39 is 0 Å². The van der Waals surface area contributed by atoms with Gasteiger partial charge < -0.3 is 24.3 Å². The standard InChI is InChI=1S/C18H18N2O4/c1-22-13-6-12(7-14(9-13)23-2)18-19-10-15(20-18)11-4-5-17(24-3)16(21)8-11/h4-10,21H,1-3H3,(H,19,20). The summed E-state index contributed by atoms with van der Waals surface area (Å²) in [5, 5.41) is 9.92. The molecule has 0 amide bonds. The van der Waals surface area contributed by atoms with Crippen molar-refractivity contribution in [2.75, 3.05) is 21.3 Å². The van der Waals surface area contributed by atoms with Crippen molar-refractivity contribution in [3.05, 3.63) is 42.6 Å². The van der Waals surface area contributed by atoms with E-state index in [1.165, 1.54) is 7.11 Å². The van der Waals surface area contributed by atoms with Crippen LogP contribution >= 0.6 is 0 Å². The second-order valence-electron chi connectivity index (χ2n) is 5.13. The molecule has 124 valence electrons. The molecule has 0 bridgehead atoms. The van der Waals surface area contributed by atoms with E-state index >= 15 is 0 Å². The molecule has 24 heavy (non-hydrogen) atoms. The van der Waals surface area contributed by atoms with E-state index in [0.29, 0.717) is 23.1 Å². The number of methoxy groups -OCH3 is 3. The SMILES string of the molecule is COc1cc(OC)cc(-c2ncc(-c3ccc(OC)c(O)c3)[nH]2)c1. The zero-order valence-electron chi connectivity index (χ0n) is 13.7. The highest BCUT2D eigenvalue weighted by Gasteiger charge is 2.10. The number of phenols is 1. The normalized spacial score (nSPS) is 10.5. The highest BCUT2D eigenvalue weighted by atomic mass is 16.5. The minimum atomic E-state index is 0.0780. The van der Waals surface area contributed by atoms with E-state index in [4.69, 9.17) is 14.2 Å². The van der Waals surface area contributed by atoms with E-state index in [1.54, 1.807) is 38.6 Å². The largest absolute Gasteiger partial charge is 0.504 e. The van der Waals surface area contributed by atoms with Gasteiger partial charge in [0.2, 0.25) is 0 Å². The number of hydrogen-bond donors (Lipinski definition) is 2. The first-order valence-electron chi connectivity index (χ1n) is 7.30. The number of aromatic nitrogens is 2. The number of aromatic amines is 1. The van der Waals surface area contributed by atoms with E-state index in [2.05, 4.69) is 9.97 Å². The molecule has 3 aromatic rings. The highest BCUT2D eigenvalue weighted by molar-refractivity contribution is 5.68. The molecular formula is C18H18N2O4. The fourth-order valence-corrected chi connectivity index (χ4v) is 2.42. The molecule has 0 aliphatic heterocycles. The van der Waals surface area contributed by atoms with Gasteiger partial charge in [0.05, 0.1) is 33.2 Å². The van der Waals surface area contributed by atoms with Crippen LogP contribution < -0.4 is 14.2 Å². The Hall–Kier alpha value is -3.15. The second-order valence-corrected chi connectivity index (χ2v) is 5.13. The summed E-state index contributed by atoms with van der Waals surface area (Å²) in [5.74, 6) is 2.55. The Morgan fingerprint density at radius 3 is 2.17 bits per heavy atom. The molecule has 6 nitrogen and oxygen atoms in total. The Balaban J connectivity index is 1.97. The summed E-state index contributed by atoms with van der Waals surface area (Å²) >= 11 is 0. The van der Waals surface area contributed by atoms with E-state index in [1.807, 2.05) is 18.2 Å². The number of nitrogens with zero attached hydrogens (tertiary/aromatic N) is 1. The fraction of sp³-hybridized carbons (Fsp3) is 0.167. The summed E-state index contributed by atoms with van der Waals surface area (Å²) in [6.07, 6.45) is 1.71. The topological polar surface area (TPSA) is 76.6 Å². The Morgan fingerprint density at radius 2 is 1.58 bits per heavy atom. The molecule has 0 aliphatic rings. The monoisotopic (exact) mass is 326 g/mol. The predicted octanol–water partition coefficient (Wildman–Crippen LogP) is 3.48. The number of hydrogen-bond acceptors (Lipinski definition) is 5. The smallest absolute Gasteiger partial charge is 0.160 e. The van der Waals surface area contributed by atoms with Gasteiger partial charge in [0.25, 0.3) is 0 Å². The van der Waals surface area contributed by atoms with Crippen molar-refractivity contribution >= 4 is 0 Å². The van der Waals surface area contributed by atoms with Gasteiger partial charge in [0, 0.05) is 17.2 Å². The molecule has 0 radical (unpaired) electrons. The van der Waals surface area contributed by atoms with Gasteiger partial charge in [-0.15, -0.1) is 0 Å². The summed E-state index contributed by atoms with van der Waals surface area (Å²) in [5.41, 5.74) is 2.43. The molecular weight excluding hydrogens is 308 g/mol. The molecule has 3 rings (SSSR count). The van der Waals surface area contributed by atoms with Crippen LogP contribution in [0.3, 0.4) is 0 Å². The van der Waals surface area contributed by atoms with Crippen LogP contribution in [0.25, 0.3) is 22.6 Å². The zero-order valence-corrected chi connectivity index (χ0v) is 13.7. The second kappa shape index (κ2) is 6.54. The predicted molar refractivity (Wildman–Crippen MR) is 90.8 cm³/mol. The maximum Gasteiger partial charge on any atom is 0.160 e. The summed E-state index contributed by atoms with van der Waals surface area (Å²) in [4.78, 5) is 7.65. The van der Waals surface area contributed by atoms with Crippen molar-refractivity contribution < 1.29 is 19.3 Å². The first-order valence-corrected chi connectivity index (χ1v) is 7.30. The van der Waals surface area contributed by atoms with Crippen LogP contribution in [0.5, 0.6) is 23.0 Å². The molecule has 0 fully saturated rings. The molecule has 0 aliphatic carbocycles. The molecule has 0 spiro atoms. The van der Waals surface area contributed by atoms with Gasteiger partial charge in [0.15, 0.2) is 11.5 Å². The molecule has 6 heteroatoms. The van der Waals surface area contributed by atoms with Gasteiger partial charge in [-0.25, -0.2) is 4.98 Å². The number of benzene rings is 2. The number of ether oxygens (including phenoxy) is 3. The maximum absolute atomic E-state index is 9.92. The minimum Gasteiger partial charge on any atom is -0.504 e. The van der Waals surface area contributed by atoms with Gasteiger partial charge in [0.1, 0.15) is 17.3 Å². The summed E-state index contributed by atoms with van der Waals surface area (Å²) < 4.78 is 15.6. The first-order chi connectivity index (χ1) is 11.6. The molecule has 0 saturated carbocycles. The zero-order chi connectivity index (χ0) is 17.1. The number of H-pyrrole nitrogens is 1. The molecule has 0 saturated heterocycles. The lowest BCUT2D eigenvalue weighted by molar-refractivity contribution is 0.373. The van der Waals surface area contributed by atoms with Crippen LogP contribution in [0.15, 0.2) is 42.6 Å². The van der Waals surface area contributed by atoms with Crippen molar-refractivity contribution in [1.82, 2.24) is 9.97 Å². The van der Waals surface area contributed by atoms with E-state index in [-0.39, 0.29) is 5.75 Å². The van der Waals surface area contributed by atoms with Crippen molar-refractivity contribution in [1.29, 1.82) is 0 Å². The molecule has 1 heterocycles. The lowest BCUT2D eigenvalue weighted by Crippen LogP contribution is -1.90. The number of aromatic hydroxyl groups is 1.